The molecular weight excluding hydrogens is 384 g/mol. The van der Waals surface area contributed by atoms with Gasteiger partial charge in [0.2, 0.25) is 0 Å². The van der Waals surface area contributed by atoms with E-state index in [0.717, 1.165) is 32.4 Å². The van der Waals surface area contributed by atoms with Crippen molar-refractivity contribution in [2.45, 2.75) is 82.5 Å². The maximum atomic E-state index is 12.8. The molecule has 1 radical (unpaired) electrons. The number of hydrogen-bond donors (Lipinski definition) is 0. The topological polar surface area (TPSA) is 76.2 Å². The third-order valence-electron chi connectivity index (χ3n) is 7.53. The van der Waals surface area contributed by atoms with Crippen molar-refractivity contribution in [1.29, 1.82) is 0 Å². The van der Waals surface area contributed by atoms with Gasteiger partial charge in [-0.3, -0.25) is 4.90 Å². The summed E-state index contributed by atoms with van der Waals surface area (Å²) < 4.78 is 5.76. The lowest BCUT2D eigenvalue weighted by atomic mass is 9.99. The zero-order valence-electron chi connectivity index (χ0n) is 18.2. The van der Waals surface area contributed by atoms with E-state index in [1.807, 2.05) is 0 Å². The van der Waals surface area contributed by atoms with Crippen LogP contribution < -0.4 is 0 Å². The maximum absolute atomic E-state index is 12.8. The average Bonchev–Trinajstić information content (AvgIpc) is 2.80. The Morgan fingerprint density at radius 2 is 1.20 bits per heavy atom. The lowest BCUT2D eigenvalue weighted by molar-refractivity contribution is -0.0670. The van der Waals surface area contributed by atoms with Crippen LogP contribution in [0.3, 0.4) is 0 Å². The average molecular weight is 422 g/mol. The highest BCUT2D eigenvalue weighted by Gasteiger charge is 2.38. The Kier molecular flexibility index (Phi) is 7.36. The van der Waals surface area contributed by atoms with Gasteiger partial charge in [0.25, 0.3) is 0 Å². The van der Waals surface area contributed by atoms with Crippen LogP contribution in [0.2, 0.25) is 0 Å². The Labute approximate surface area is 180 Å². The molecule has 0 bridgehead atoms. The Morgan fingerprint density at radius 3 is 1.77 bits per heavy atom. The fourth-order valence-corrected chi connectivity index (χ4v) is 5.73. The summed E-state index contributed by atoms with van der Waals surface area (Å²) in [7, 11) is 0. The van der Waals surface area contributed by atoms with Crippen molar-refractivity contribution in [3.8, 4) is 0 Å². The standard InChI is InChI=1S/C22H37N4O4/c27-21(28)26-16-9-19(24-12-5-2-6-13-24)17-20(26)30-22(29)25-14-7-18(8-15-25)23-10-3-1-4-11-23/h18-20H,1-17H2. The molecule has 0 aromatic rings. The van der Waals surface area contributed by atoms with Crippen LogP contribution in [0.5, 0.6) is 0 Å². The molecule has 0 aromatic carbocycles. The molecule has 30 heavy (non-hydrogen) atoms. The minimum atomic E-state index is -1.24. The summed E-state index contributed by atoms with van der Waals surface area (Å²) in [5.74, 6) is 0. The molecule has 4 aliphatic rings. The van der Waals surface area contributed by atoms with Crippen molar-refractivity contribution in [3.63, 3.8) is 0 Å². The number of likely N-dealkylation sites (tertiary alicyclic amines) is 4. The van der Waals surface area contributed by atoms with Crippen LogP contribution in [0.1, 0.15) is 64.2 Å². The lowest BCUT2D eigenvalue weighted by Gasteiger charge is -2.43. The van der Waals surface area contributed by atoms with Gasteiger partial charge in [-0.2, -0.15) is 0 Å². The maximum Gasteiger partial charge on any atom is 0.456 e. The Morgan fingerprint density at radius 1 is 0.667 bits per heavy atom. The normalized spacial score (nSPS) is 30.3. The predicted molar refractivity (Wildman–Crippen MR) is 112 cm³/mol. The molecule has 4 rings (SSSR count). The predicted octanol–water partition coefficient (Wildman–Crippen LogP) is 2.90. The fourth-order valence-electron chi connectivity index (χ4n) is 5.73. The summed E-state index contributed by atoms with van der Waals surface area (Å²) in [5.41, 5.74) is 0. The van der Waals surface area contributed by atoms with Crippen LogP contribution in [0, 0.1) is 0 Å². The van der Waals surface area contributed by atoms with Crippen LogP contribution in [0.15, 0.2) is 0 Å². The number of amides is 2. The highest BCUT2D eigenvalue weighted by atomic mass is 16.6. The molecule has 4 fully saturated rings. The molecule has 2 amide bonds. The number of carbonyl (C=O) groups is 2. The molecule has 2 unspecified atom stereocenters. The molecule has 0 saturated carbocycles. The van der Waals surface area contributed by atoms with E-state index < -0.39 is 12.3 Å². The number of ether oxygens (including phenoxy) is 1. The molecule has 8 heteroatoms. The van der Waals surface area contributed by atoms with Gasteiger partial charge in [-0.25, -0.2) is 14.7 Å². The van der Waals surface area contributed by atoms with Crippen LogP contribution in [0.25, 0.3) is 0 Å². The van der Waals surface area contributed by atoms with E-state index in [4.69, 9.17) is 4.74 Å². The van der Waals surface area contributed by atoms with E-state index >= 15 is 0 Å². The fraction of sp³-hybridized carbons (Fsp3) is 0.909. The summed E-state index contributed by atoms with van der Waals surface area (Å²) in [6.07, 6.45) is 8.46. The van der Waals surface area contributed by atoms with Crippen molar-refractivity contribution < 1.29 is 19.4 Å². The largest absolute Gasteiger partial charge is 0.456 e. The third kappa shape index (κ3) is 5.19. The highest BCUT2D eigenvalue weighted by molar-refractivity contribution is 5.69. The third-order valence-corrected chi connectivity index (χ3v) is 7.53. The summed E-state index contributed by atoms with van der Waals surface area (Å²) in [4.78, 5) is 32.4. The van der Waals surface area contributed by atoms with E-state index in [1.165, 1.54) is 56.5 Å². The van der Waals surface area contributed by atoms with Crippen LogP contribution in [-0.4, -0.2) is 95.9 Å². The minimum Gasteiger partial charge on any atom is -0.425 e. The van der Waals surface area contributed by atoms with Gasteiger partial charge in [-0.1, -0.05) is 12.8 Å². The summed E-state index contributed by atoms with van der Waals surface area (Å²) in [5, 5.41) is 11.6. The highest BCUT2D eigenvalue weighted by Crippen LogP contribution is 2.27. The minimum absolute atomic E-state index is 0.281. The molecule has 0 aliphatic carbocycles. The lowest BCUT2D eigenvalue weighted by Crippen LogP contribution is -2.55. The van der Waals surface area contributed by atoms with E-state index in [9.17, 15) is 14.7 Å². The second-order valence-electron chi connectivity index (χ2n) is 9.39. The van der Waals surface area contributed by atoms with Crippen molar-refractivity contribution >= 4 is 12.2 Å². The second-order valence-corrected chi connectivity index (χ2v) is 9.39. The summed E-state index contributed by atoms with van der Waals surface area (Å²) in [6, 6.07) is 0.843. The van der Waals surface area contributed by atoms with Gasteiger partial charge in [-0.05, 0) is 71.1 Å². The Hall–Kier alpha value is -1.54. The summed E-state index contributed by atoms with van der Waals surface area (Å²) >= 11 is 0. The molecule has 8 nitrogen and oxygen atoms in total. The van der Waals surface area contributed by atoms with Gasteiger partial charge >= 0.3 is 12.2 Å². The first kappa shape index (κ1) is 21.7. The van der Waals surface area contributed by atoms with E-state index in [2.05, 4.69) is 9.80 Å². The van der Waals surface area contributed by atoms with Crippen LogP contribution in [0.4, 0.5) is 9.59 Å². The first-order valence-electron chi connectivity index (χ1n) is 12.0. The SMILES string of the molecule is [O]C(=O)N1CCC(N2CCCCC2)CC1OC(=O)N1CCC(N2CCCCC2)CC1. The number of nitrogens with zero attached hydrogens (tertiary/aromatic N) is 4. The molecule has 0 spiro atoms. The van der Waals surface area contributed by atoms with Gasteiger partial charge in [0, 0.05) is 38.1 Å². The molecule has 4 saturated heterocycles. The molecule has 0 aromatic heterocycles. The zero-order chi connectivity index (χ0) is 20.9. The number of rotatable bonds is 3. The number of piperidine rings is 4. The molecule has 0 N–H and O–H groups in total. The van der Waals surface area contributed by atoms with Crippen molar-refractivity contribution in [2.24, 2.45) is 0 Å². The zero-order valence-corrected chi connectivity index (χ0v) is 18.2. The van der Waals surface area contributed by atoms with Gasteiger partial charge in [-0.15, -0.1) is 0 Å². The van der Waals surface area contributed by atoms with Gasteiger partial charge < -0.3 is 19.4 Å². The smallest absolute Gasteiger partial charge is 0.425 e. The van der Waals surface area contributed by atoms with Crippen LogP contribution >= 0.6 is 0 Å². The van der Waals surface area contributed by atoms with Crippen molar-refractivity contribution in [2.75, 3.05) is 45.8 Å². The summed E-state index contributed by atoms with van der Waals surface area (Å²) in [6.45, 7) is 6.21. The van der Waals surface area contributed by atoms with E-state index in [1.54, 1.807) is 4.90 Å². The molecule has 4 aliphatic heterocycles. The molecule has 4 heterocycles. The number of carbonyl (C=O) groups excluding carboxylic acids is 2. The van der Waals surface area contributed by atoms with Crippen LogP contribution in [-0.2, 0) is 9.84 Å². The first-order valence-corrected chi connectivity index (χ1v) is 12.0. The van der Waals surface area contributed by atoms with Gasteiger partial charge in [0.1, 0.15) is 0 Å². The van der Waals surface area contributed by atoms with E-state index in [-0.39, 0.29) is 12.1 Å². The number of hydrogen-bond acceptors (Lipinski definition) is 5. The van der Waals surface area contributed by atoms with E-state index in [0.29, 0.717) is 32.1 Å². The van der Waals surface area contributed by atoms with Crippen molar-refractivity contribution in [3.05, 3.63) is 0 Å². The monoisotopic (exact) mass is 421 g/mol. The molecule has 2 atom stereocenters. The Balaban J connectivity index is 1.30. The Bertz CT molecular complexity index is 584. The van der Waals surface area contributed by atoms with Gasteiger partial charge in [0.15, 0.2) is 6.23 Å². The van der Waals surface area contributed by atoms with Crippen molar-refractivity contribution in [1.82, 2.24) is 19.6 Å². The van der Waals surface area contributed by atoms with Gasteiger partial charge in [0.05, 0.1) is 0 Å². The molecule has 169 valence electrons. The first-order chi connectivity index (χ1) is 14.6. The second kappa shape index (κ2) is 10.2. The quantitative estimate of drug-likeness (QED) is 0.700. The molecular formula is C22H37N4O4.